The van der Waals surface area contributed by atoms with Gasteiger partial charge in [0.25, 0.3) is 0 Å². The number of carbonyl (C=O) groups is 2. The molecule has 0 unspecified atom stereocenters. The van der Waals surface area contributed by atoms with Crippen LogP contribution in [0.1, 0.15) is 13.8 Å². The first-order chi connectivity index (χ1) is 7.32. The molecule has 5 nitrogen and oxygen atoms in total. The third kappa shape index (κ3) is 7.00. The first kappa shape index (κ1) is 14.6. The zero-order valence-corrected chi connectivity index (χ0v) is 10.1. The highest BCUT2D eigenvalue weighted by Gasteiger charge is 2.11. The van der Waals surface area contributed by atoms with Gasteiger partial charge >= 0.3 is 5.97 Å². The van der Waals surface area contributed by atoms with Gasteiger partial charge in [0, 0.05) is 18.7 Å². The number of nitrogens with one attached hydrogen (secondary N) is 1. The lowest BCUT2D eigenvalue weighted by Crippen LogP contribution is -2.37. The average Bonchev–Trinajstić information content (AvgIpc) is 2.14. The van der Waals surface area contributed by atoms with Gasteiger partial charge in [-0.25, -0.2) is 4.79 Å². The van der Waals surface area contributed by atoms with E-state index in [0.29, 0.717) is 12.5 Å². The average molecular weight is 228 g/mol. The maximum Gasteiger partial charge on any atom is 0.332 e. The number of rotatable bonds is 7. The Kier molecular flexibility index (Phi) is 6.41. The molecule has 2 N–H and O–H groups in total. The molecule has 0 aromatic rings. The van der Waals surface area contributed by atoms with E-state index in [1.165, 1.54) is 0 Å². The van der Waals surface area contributed by atoms with E-state index in [2.05, 4.69) is 11.9 Å². The van der Waals surface area contributed by atoms with Crippen molar-refractivity contribution in [3.8, 4) is 0 Å². The molecular weight excluding hydrogens is 208 g/mol. The van der Waals surface area contributed by atoms with Crippen molar-refractivity contribution in [3.05, 3.63) is 12.2 Å². The Bertz CT molecular complexity index is 274. The number of nitrogens with zero attached hydrogens (tertiary/aromatic N) is 1. The minimum absolute atomic E-state index is 0.0826. The summed E-state index contributed by atoms with van der Waals surface area (Å²) in [5.41, 5.74) is 0.0826. The second kappa shape index (κ2) is 7.00. The number of likely N-dealkylation sites (N-methyl/N-ethyl adjacent to an activating group) is 1. The maximum absolute atomic E-state index is 11.4. The first-order valence-corrected chi connectivity index (χ1v) is 5.19. The lowest BCUT2D eigenvalue weighted by molar-refractivity contribution is -0.133. The number of carboxylic acid groups (broad SMARTS) is 1. The predicted octanol–water partition coefficient (Wildman–Crippen LogP) is 0.331. The third-order valence-corrected chi connectivity index (χ3v) is 1.88. The van der Waals surface area contributed by atoms with E-state index in [4.69, 9.17) is 5.11 Å². The molecule has 16 heavy (non-hydrogen) atoms. The van der Waals surface area contributed by atoms with Crippen molar-refractivity contribution in [2.45, 2.75) is 13.8 Å². The van der Waals surface area contributed by atoms with E-state index in [1.54, 1.807) is 11.9 Å². The van der Waals surface area contributed by atoms with Gasteiger partial charge in [-0.2, -0.15) is 0 Å². The standard InChI is InChI=1S/C11H20N2O3/c1-8(2)5-12-10(14)7-13(4)6-9(3)11(15)16/h8H,3,5-7H2,1-2,4H3,(H,12,14)(H,15,16). The summed E-state index contributed by atoms with van der Waals surface area (Å²) in [5, 5.41) is 11.4. The third-order valence-electron chi connectivity index (χ3n) is 1.88. The second-order valence-electron chi connectivity index (χ2n) is 4.28. The van der Waals surface area contributed by atoms with Crippen LogP contribution in [0.5, 0.6) is 0 Å². The van der Waals surface area contributed by atoms with Gasteiger partial charge in [0.1, 0.15) is 0 Å². The number of hydrogen-bond acceptors (Lipinski definition) is 3. The Balaban J connectivity index is 3.87. The Morgan fingerprint density at radius 1 is 1.38 bits per heavy atom. The lowest BCUT2D eigenvalue weighted by atomic mass is 10.2. The van der Waals surface area contributed by atoms with E-state index < -0.39 is 5.97 Å². The van der Waals surface area contributed by atoms with Crippen LogP contribution >= 0.6 is 0 Å². The van der Waals surface area contributed by atoms with Crippen molar-refractivity contribution >= 4 is 11.9 Å². The zero-order valence-electron chi connectivity index (χ0n) is 10.1. The molecule has 0 bridgehead atoms. The molecule has 5 heteroatoms. The zero-order chi connectivity index (χ0) is 12.7. The smallest absolute Gasteiger partial charge is 0.332 e. The number of carbonyl (C=O) groups excluding carboxylic acids is 1. The van der Waals surface area contributed by atoms with Gasteiger partial charge in [0.05, 0.1) is 6.54 Å². The molecule has 0 saturated heterocycles. The summed E-state index contributed by atoms with van der Waals surface area (Å²) in [6.07, 6.45) is 0. The fourth-order valence-electron chi connectivity index (χ4n) is 1.07. The van der Waals surface area contributed by atoms with Crippen molar-refractivity contribution < 1.29 is 14.7 Å². The number of carboxylic acids is 1. The lowest BCUT2D eigenvalue weighted by Gasteiger charge is -2.16. The molecule has 92 valence electrons. The Morgan fingerprint density at radius 2 is 1.94 bits per heavy atom. The molecule has 0 fully saturated rings. The van der Waals surface area contributed by atoms with Gasteiger partial charge < -0.3 is 10.4 Å². The summed E-state index contributed by atoms with van der Waals surface area (Å²) in [5.74, 6) is -0.730. The summed E-state index contributed by atoms with van der Waals surface area (Å²) in [7, 11) is 1.68. The summed E-state index contributed by atoms with van der Waals surface area (Å²) < 4.78 is 0. The van der Waals surface area contributed by atoms with Crippen LogP contribution in [0.25, 0.3) is 0 Å². The fourth-order valence-corrected chi connectivity index (χ4v) is 1.07. The molecule has 0 spiro atoms. The fraction of sp³-hybridized carbons (Fsp3) is 0.636. The molecule has 1 amide bonds. The molecule has 0 aromatic carbocycles. The van der Waals surface area contributed by atoms with E-state index >= 15 is 0 Å². The van der Waals surface area contributed by atoms with Crippen molar-refractivity contribution in [3.63, 3.8) is 0 Å². The van der Waals surface area contributed by atoms with Gasteiger partial charge in [-0.3, -0.25) is 9.69 Å². The van der Waals surface area contributed by atoms with E-state index in [1.807, 2.05) is 13.8 Å². The largest absolute Gasteiger partial charge is 0.478 e. The molecule has 0 atom stereocenters. The summed E-state index contributed by atoms with van der Waals surface area (Å²) in [6, 6.07) is 0. The van der Waals surface area contributed by atoms with Gasteiger partial charge in [-0.1, -0.05) is 20.4 Å². The predicted molar refractivity (Wildman–Crippen MR) is 62.1 cm³/mol. The molecule has 0 heterocycles. The van der Waals surface area contributed by atoms with Gasteiger partial charge in [0.15, 0.2) is 0 Å². The molecule has 0 aliphatic rings. The minimum atomic E-state index is -1.03. The minimum Gasteiger partial charge on any atom is -0.478 e. The van der Waals surface area contributed by atoms with Gasteiger partial charge in [0.2, 0.25) is 5.91 Å². The van der Waals surface area contributed by atoms with Gasteiger partial charge in [-0.05, 0) is 13.0 Å². The number of amides is 1. The molecule has 0 rings (SSSR count). The summed E-state index contributed by atoms with van der Waals surface area (Å²) in [4.78, 5) is 23.5. The number of hydrogen-bond donors (Lipinski definition) is 2. The molecule has 0 aliphatic heterocycles. The molecular formula is C11H20N2O3. The van der Waals surface area contributed by atoms with E-state index in [-0.39, 0.29) is 24.6 Å². The van der Waals surface area contributed by atoms with Crippen molar-refractivity contribution in [1.29, 1.82) is 0 Å². The highest BCUT2D eigenvalue weighted by atomic mass is 16.4. The van der Waals surface area contributed by atoms with Crippen LogP contribution in [0.2, 0.25) is 0 Å². The quantitative estimate of drug-likeness (QED) is 0.616. The van der Waals surface area contributed by atoms with Crippen molar-refractivity contribution in [2.75, 3.05) is 26.7 Å². The van der Waals surface area contributed by atoms with Crippen LogP contribution in [-0.4, -0.2) is 48.6 Å². The Morgan fingerprint density at radius 3 is 2.38 bits per heavy atom. The number of aliphatic carboxylic acids is 1. The molecule has 0 saturated carbocycles. The van der Waals surface area contributed by atoms with E-state index in [0.717, 1.165) is 0 Å². The van der Waals surface area contributed by atoms with Crippen LogP contribution in [0.4, 0.5) is 0 Å². The maximum atomic E-state index is 11.4. The highest BCUT2D eigenvalue weighted by Crippen LogP contribution is 1.94. The second-order valence-corrected chi connectivity index (χ2v) is 4.28. The van der Waals surface area contributed by atoms with Crippen LogP contribution in [-0.2, 0) is 9.59 Å². The molecule has 0 aromatic heterocycles. The van der Waals surface area contributed by atoms with E-state index in [9.17, 15) is 9.59 Å². The van der Waals surface area contributed by atoms with Crippen LogP contribution in [0.3, 0.4) is 0 Å². The normalized spacial score (nSPS) is 10.6. The Hall–Kier alpha value is -1.36. The first-order valence-electron chi connectivity index (χ1n) is 5.19. The summed E-state index contributed by atoms with van der Waals surface area (Å²) in [6.45, 7) is 8.42. The summed E-state index contributed by atoms with van der Waals surface area (Å²) >= 11 is 0. The highest BCUT2D eigenvalue weighted by molar-refractivity contribution is 5.86. The topological polar surface area (TPSA) is 69.6 Å². The van der Waals surface area contributed by atoms with Crippen molar-refractivity contribution in [1.82, 2.24) is 10.2 Å². The van der Waals surface area contributed by atoms with Gasteiger partial charge in [-0.15, -0.1) is 0 Å². The van der Waals surface area contributed by atoms with Crippen LogP contribution in [0.15, 0.2) is 12.2 Å². The van der Waals surface area contributed by atoms with Crippen LogP contribution in [0, 0.1) is 5.92 Å². The Labute approximate surface area is 96.1 Å². The van der Waals surface area contributed by atoms with Crippen molar-refractivity contribution in [2.24, 2.45) is 5.92 Å². The SMILES string of the molecule is C=C(CN(C)CC(=O)NCC(C)C)C(=O)O. The molecule has 0 aliphatic carbocycles. The monoisotopic (exact) mass is 228 g/mol. The van der Waals surface area contributed by atoms with Crippen LogP contribution < -0.4 is 5.32 Å². The molecule has 0 radical (unpaired) electrons.